The first-order valence-electron chi connectivity index (χ1n) is 6.56. The Kier molecular flexibility index (Phi) is 4.04. The minimum Gasteiger partial charge on any atom is -0.373 e. The topological polar surface area (TPSA) is 71.5 Å². The number of morpholine rings is 1. The lowest BCUT2D eigenvalue weighted by Crippen LogP contribution is -2.53. The van der Waals surface area contributed by atoms with Gasteiger partial charge in [-0.05, 0) is 32.9 Å². The molecule has 112 valence electrons. The molecule has 7 heteroatoms. The van der Waals surface area contributed by atoms with Crippen LogP contribution in [-0.2, 0) is 14.8 Å². The average Bonchev–Trinajstić information content (AvgIpc) is 2.36. The summed E-state index contributed by atoms with van der Waals surface area (Å²) < 4.78 is 32.5. The number of aromatic nitrogens is 1. The van der Waals surface area contributed by atoms with Crippen molar-refractivity contribution in [1.29, 1.82) is 0 Å². The van der Waals surface area contributed by atoms with Crippen LogP contribution in [0, 0.1) is 0 Å². The van der Waals surface area contributed by atoms with Gasteiger partial charge in [-0.1, -0.05) is 0 Å². The maximum absolute atomic E-state index is 12.6. The molecule has 2 rings (SSSR count). The molecule has 0 aliphatic carbocycles. The molecule has 1 saturated heterocycles. The third kappa shape index (κ3) is 3.11. The lowest BCUT2D eigenvalue weighted by Gasteiger charge is -2.40. The highest BCUT2D eigenvalue weighted by Crippen LogP contribution is 2.26. The van der Waals surface area contributed by atoms with Gasteiger partial charge < -0.3 is 10.1 Å². The molecule has 20 heavy (non-hydrogen) atoms. The van der Waals surface area contributed by atoms with Gasteiger partial charge in [0.2, 0.25) is 10.0 Å². The lowest BCUT2D eigenvalue weighted by molar-refractivity contribution is -0.109. The van der Waals surface area contributed by atoms with E-state index in [1.807, 2.05) is 20.8 Å². The summed E-state index contributed by atoms with van der Waals surface area (Å²) >= 11 is 0. The second-order valence-corrected chi connectivity index (χ2v) is 7.55. The Morgan fingerprint density at radius 2 is 2.15 bits per heavy atom. The normalized spacial score (nSPS) is 23.5. The van der Waals surface area contributed by atoms with Gasteiger partial charge in [-0.15, -0.1) is 0 Å². The number of nitrogens with zero attached hydrogens (tertiary/aromatic N) is 2. The van der Waals surface area contributed by atoms with Crippen LogP contribution >= 0.6 is 0 Å². The molecule has 6 nitrogen and oxygen atoms in total. The number of ether oxygens (including phenoxy) is 1. The first-order chi connectivity index (χ1) is 9.24. The highest BCUT2D eigenvalue weighted by Gasteiger charge is 2.37. The molecule has 1 aliphatic rings. The summed E-state index contributed by atoms with van der Waals surface area (Å²) in [5, 5.41) is 2.87. The summed E-state index contributed by atoms with van der Waals surface area (Å²) in [5.74, 6) is 0.639. The second kappa shape index (κ2) is 5.31. The van der Waals surface area contributed by atoms with Gasteiger partial charge in [0.25, 0.3) is 0 Å². The largest absolute Gasteiger partial charge is 0.373 e. The summed E-state index contributed by atoms with van der Waals surface area (Å²) in [6.45, 7) is 6.37. The van der Waals surface area contributed by atoms with E-state index in [9.17, 15) is 8.42 Å². The zero-order valence-electron chi connectivity index (χ0n) is 12.3. The van der Waals surface area contributed by atoms with E-state index >= 15 is 0 Å². The Balaban J connectivity index is 2.29. The molecule has 0 saturated carbocycles. The summed E-state index contributed by atoms with van der Waals surface area (Å²) in [4.78, 5) is 4.28. The summed E-state index contributed by atoms with van der Waals surface area (Å²) in [6.07, 6.45) is 1.26. The van der Waals surface area contributed by atoms with Gasteiger partial charge in [-0.2, -0.15) is 4.31 Å². The Labute approximate surface area is 120 Å². The van der Waals surface area contributed by atoms with Crippen LogP contribution in [0.3, 0.4) is 0 Å². The van der Waals surface area contributed by atoms with Crippen LogP contribution in [0.15, 0.2) is 23.2 Å². The monoisotopic (exact) mass is 299 g/mol. The van der Waals surface area contributed by atoms with Gasteiger partial charge in [-0.25, -0.2) is 13.4 Å². The molecule has 1 N–H and O–H groups in total. The molecule has 0 bridgehead atoms. The number of rotatable bonds is 3. The molecule has 2 heterocycles. The highest BCUT2D eigenvalue weighted by molar-refractivity contribution is 7.89. The number of hydrogen-bond donors (Lipinski definition) is 1. The highest BCUT2D eigenvalue weighted by atomic mass is 32.2. The molecule has 0 amide bonds. The maximum atomic E-state index is 12.6. The fourth-order valence-corrected chi connectivity index (χ4v) is 4.02. The van der Waals surface area contributed by atoms with E-state index in [4.69, 9.17) is 4.74 Å². The van der Waals surface area contributed by atoms with Gasteiger partial charge in [0.1, 0.15) is 10.7 Å². The van der Waals surface area contributed by atoms with E-state index < -0.39 is 15.6 Å². The minimum absolute atomic E-state index is 0.127. The van der Waals surface area contributed by atoms with Gasteiger partial charge in [-0.3, -0.25) is 0 Å². The quantitative estimate of drug-likeness (QED) is 0.911. The first-order valence-corrected chi connectivity index (χ1v) is 8.00. The fourth-order valence-electron chi connectivity index (χ4n) is 2.41. The molecule has 0 spiro atoms. The molecule has 1 atom stereocenters. The van der Waals surface area contributed by atoms with Crippen molar-refractivity contribution in [3.63, 3.8) is 0 Å². The summed E-state index contributed by atoms with van der Waals surface area (Å²) in [5.41, 5.74) is -0.483. The molecule has 1 aromatic heterocycles. The van der Waals surface area contributed by atoms with Crippen LogP contribution in [0.2, 0.25) is 0 Å². The van der Waals surface area contributed by atoms with E-state index in [1.165, 1.54) is 10.5 Å². The molecule has 1 unspecified atom stereocenters. The SMILES string of the molecule is CNc1ccc(S(=O)(=O)N2CC(C)OC(C)(C)C2)cn1. The van der Waals surface area contributed by atoms with Crippen LogP contribution in [-0.4, -0.2) is 49.5 Å². The zero-order valence-corrected chi connectivity index (χ0v) is 13.1. The molecular weight excluding hydrogens is 278 g/mol. The van der Waals surface area contributed by atoms with Gasteiger partial charge >= 0.3 is 0 Å². The van der Waals surface area contributed by atoms with Crippen molar-refractivity contribution in [3.8, 4) is 0 Å². The molecule has 0 radical (unpaired) electrons. The van der Waals surface area contributed by atoms with Crippen LogP contribution in [0.4, 0.5) is 5.82 Å². The van der Waals surface area contributed by atoms with Crippen molar-refractivity contribution >= 4 is 15.8 Å². The van der Waals surface area contributed by atoms with Crippen LogP contribution < -0.4 is 5.32 Å². The van der Waals surface area contributed by atoms with E-state index in [2.05, 4.69) is 10.3 Å². The molecular formula is C13H21N3O3S. The molecule has 0 aromatic carbocycles. The van der Waals surface area contributed by atoms with Crippen molar-refractivity contribution in [2.24, 2.45) is 0 Å². The van der Waals surface area contributed by atoms with E-state index in [-0.39, 0.29) is 11.0 Å². The molecule has 1 fully saturated rings. The summed E-state index contributed by atoms with van der Waals surface area (Å²) in [6, 6.07) is 3.23. The third-order valence-electron chi connectivity index (χ3n) is 3.17. The van der Waals surface area contributed by atoms with E-state index in [0.717, 1.165) is 0 Å². The lowest BCUT2D eigenvalue weighted by atomic mass is 10.1. The number of anilines is 1. The smallest absolute Gasteiger partial charge is 0.244 e. The van der Waals surface area contributed by atoms with Crippen LogP contribution in [0.25, 0.3) is 0 Å². The van der Waals surface area contributed by atoms with Crippen molar-refractivity contribution in [2.45, 2.75) is 37.4 Å². The van der Waals surface area contributed by atoms with Gasteiger partial charge in [0.15, 0.2) is 0 Å². The van der Waals surface area contributed by atoms with Crippen molar-refractivity contribution in [2.75, 3.05) is 25.5 Å². The number of pyridine rings is 1. The fraction of sp³-hybridized carbons (Fsp3) is 0.615. The van der Waals surface area contributed by atoms with Gasteiger partial charge in [0.05, 0.1) is 11.7 Å². The second-order valence-electron chi connectivity index (χ2n) is 5.61. The zero-order chi connectivity index (χ0) is 15.0. The Hall–Kier alpha value is -1.18. The van der Waals surface area contributed by atoms with Crippen molar-refractivity contribution in [3.05, 3.63) is 18.3 Å². The molecule has 1 aromatic rings. The molecule has 1 aliphatic heterocycles. The van der Waals surface area contributed by atoms with Crippen LogP contribution in [0.1, 0.15) is 20.8 Å². The van der Waals surface area contributed by atoms with Crippen molar-refractivity contribution < 1.29 is 13.2 Å². The number of sulfonamides is 1. The Bertz CT molecular complexity index is 569. The Morgan fingerprint density at radius 1 is 1.45 bits per heavy atom. The Morgan fingerprint density at radius 3 is 2.65 bits per heavy atom. The number of hydrogen-bond acceptors (Lipinski definition) is 5. The standard InChI is InChI=1S/C13H21N3O3S/c1-10-8-16(9-13(2,3)19-10)20(17,18)11-5-6-12(14-4)15-7-11/h5-7,10H,8-9H2,1-4H3,(H,14,15). The van der Waals surface area contributed by atoms with Gasteiger partial charge in [0, 0.05) is 26.3 Å². The minimum atomic E-state index is -3.53. The summed E-state index contributed by atoms with van der Waals surface area (Å²) in [7, 11) is -1.79. The van der Waals surface area contributed by atoms with E-state index in [1.54, 1.807) is 19.2 Å². The maximum Gasteiger partial charge on any atom is 0.244 e. The van der Waals surface area contributed by atoms with E-state index in [0.29, 0.717) is 18.9 Å². The van der Waals surface area contributed by atoms with Crippen molar-refractivity contribution in [1.82, 2.24) is 9.29 Å². The third-order valence-corrected chi connectivity index (χ3v) is 4.96. The van der Waals surface area contributed by atoms with Crippen LogP contribution in [0.5, 0.6) is 0 Å². The average molecular weight is 299 g/mol. The predicted molar refractivity (Wildman–Crippen MR) is 77.2 cm³/mol. The number of nitrogens with one attached hydrogen (secondary N) is 1. The predicted octanol–water partition coefficient (Wildman–Crippen LogP) is 1.31. The first kappa shape index (κ1) is 15.2.